The van der Waals surface area contributed by atoms with Gasteiger partial charge in [-0.25, -0.2) is 13.6 Å². The summed E-state index contributed by atoms with van der Waals surface area (Å²) in [6, 6.07) is 12.3. The Morgan fingerprint density at radius 3 is 2.63 bits per heavy atom. The summed E-state index contributed by atoms with van der Waals surface area (Å²) >= 11 is 0. The number of primary sulfonamides is 1. The number of hydrogen-bond acceptors (Lipinski definition) is 4. The molecule has 4 N–H and O–H groups in total. The average Bonchev–Trinajstić information content (AvgIpc) is 3.02. The van der Waals surface area contributed by atoms with Crippen LogP contribution in [0.15, 0.2) is 53.6 Å². The molecular weight excluding hydrogens is 364 g/mol. The van der Waals surface area contributed by atoms with Gasteiger partial charge in [0.25, 0.3) is 0 Å². The fourth-order valence-corrected chi connectivity index (χ4v) is 3.52. The van der Waals surface area contributed by atoms with Crippen molar-refractivity contribution in [3.05, 3.63) is 54.2 Å². The van der Waals surface area contributed by atoms with Crippen LogP contribution in [0.3, 0.4) is 0 Å². The van der Waals surface area contributed by atoms with E-state index >= 15 is 0 Å². The molecule has 0 spiro atoms. The van der Waals surface area contributed by atoms with Crippen molar-refractivity contribution in [2.45, 2.75) is 17.7 Å². The number of nitrogens with two attached hydrogens (primary N) is 1. The third-order valence-corrected chi connectivity index (χ3v) is 5.26. The number of anilines is 2. The van der Waals surface area contributed by atoms with E-state index < -0.39 is 10.0 Å². The molecule has 7 nitrogen and oxygen atoms in total. The number of carbonyl (C=O) groups is 1. The number of hydrogen-bond donors (Lipinski definition) is 3. The molecule has 142 valence electrons. The molecule has 0 unspecified atom stereocenters. The number of aryl methyl sites for hydroxylation is 1. The first-order valence-corrected chi connectivity index (χ1v) is 9.99. The van der Waals surface area contributed by atoms with Gasteiger partial charge in [-0.3, -0.25) is 4.79 Å². The number of sulfonamides is 1. The van der Waals surface area contributed by atoms with Crippen LogP contribution in [-0.2, 0) is 21.2 Å². The molecule has 0 saturated heterocycles. The molecule has 0 aliphatic heterocycles. The molecule has 2 aromatic carbocycles. The van der Waals surface area contributed by atoms with E-state index in [2.05, 4.69) is 10.3 Å². The van der Waals surface area contributed by atoms with Gasteiger partial charge in [-0.15, -0.1) is 0 Å². The summed E-state index contributed by atoms with van der Waals surface area (Å²) in [6.45, 7) is 0. The molecule has 0 radical (unpaired) electrons. The SMILES string of the molecule is CN(C)c1ccc(S(N)(=O)=O)cc1NC(=O)CCc1c[nH]c2ccccc12. The van der Waals surface area contributed by atoms with Gasteiger partial charge >= 0.3 is 0 Å². The van der Waals surface area contributed by atoms with Crippen molar-refractivity contribution in [3.8, 4) is 0 Å². The van der Waals surface area contributed by atoms with Gasteiger partial charge in [0, 0.05) is 37.6 Å². The highest BCUT2D eigenvalue weighted by molar-refractivity contribution is 7.89. The molecule has 0 aliphatic carbocycles. The van der Waals surface area contributed by atoms with Gasteiger partial charge in [-0.1, -0.05) is 18.2 Å². The summed E-state index contributed by atoms with van der Waals surface area (Å²) in [5, 5.41) is 9.10. The third kappa shape index (κ3) is 4.29. The summed E-state index contributed by atoms with van der Waals surface area (Å²) in [6.07, 6.45) is 2.75. The van der Waals surface area contributed by atoms with Crippen LogP contribution in [0, 0.1) is 0 Å². The summed E-state index contributed by atoms with van der Waals surface area (Å²) in [4.78, 5) is 17.4. The summed E-state index contributed by atoms with van der Waals surface area (Å²) in [7, 11) is -0.224. The van der Waals surface area contributed by atoms with Crippen molar-refractivity contribution in [1.29, 1.82) is 0 Å². The quantitative estimate of drug-likeness (QED) is 0.605. The Morgan fingerprint density at radius 2 is 1.93 bits per heavy atom. The third-order valence-electron chi connectivity index (χ3n) is 4.35. The summed E-state index contributed by atoms with van der Waals surface area (Å²) in [5.41, 5.74) is 3.20. The second-order valence-electron chi connectivity index (χ2n) is 6.53. The van der Waals surface area contributed by atoms with Crippen LogP contribution in [0.1, 0.15) is 12.0 Å². The average molecular weight is 386 g/mol. The molecule has 1 amide bonds. The number of carbonyl (C=O) groups excluding carboxylic acids is 1. The smallest absolute Gasteiger partial charge is 0.238 e. The van der Waals surface area contributed by atoms with E-state index in [1.165, 1.54) is 12.1 Å². The van der Waals surface area contributed by atoms with Crippen molar-refractivity contribution in [2.24, 2.45) is 5.14 Å². The van der Waals surface area contributed by atoms with Gasteiger partial charge in [0.1, 0.15) is 0 Å². The second kappa shape index (κ2) is 7.42. The number of H-pyrrole nitrogens is 1. The first-order chi connectivity index (χ1) is 12.8. The Morgan fingerprint density at radius 1 is 1.19 bits per heavy atom. The normalized spacial score (nSPS) is 11.5. The lowest BCUT2D eigenvalue weighted by molar-refractivity contribution is -0.116. The number of rotatable bonds is 6. The molecule has 8 heteroatoms. The van der Waals surface area contributed by atoms with Crippen molar-refractivity contribution in [1.82, 2.24) is 4.98 Å². The molecule has 0 bridgehead atoms. The summed E-state index contributed by atoms with van der Waals surface area (Å²) < 4.78 is 23.2. The van der Waals surface area contributed by atoms with Gasteiger partial charge < -0.3 is 15.2 Å². The van der Waals surface area contributed by atoms with Gasteiger partial charge in [-0.05, 0) is 36.2 Å². The summed E-state index contributed by atoms with van der Waals surface area (Å²) in [5.74, 6) is -0.199. The molecule has 27 heavy (non-hydrogen) atoms. The first kappa shape index (κ1) is 18.9. The molecule has 3 aromatic rings. The van der Waals surface area contributed by atoms with Crippen LogP contribution in [0.5, 0.6) is 0 Å². The minimum atomic E-state index is -3.85. The van der Waals surface area contributed by atoms with E-state index in [4.69, 9.17) is 5.14 Å². The van der Waals surface area contributed by atoms with E-state index in [0.29, 0.717) is 17.8 Å². The Bertz CT molecular complexity index is 1090. The zero-order valence-electron chi connectivity index (χ0n) is 15.2. The molecule has 0 fully saturated rings. The number of aromatic nitrogens is 1. The zero-order valence-corrected chi connectivity index (χ0v) is 16.0. The number of nitrogens with one attached hydrogen (secondary N) is 2. The largest absolute Gasteiger partial charge is 0.376 e. The highest BCUT2D eigenvalue weighted by atomic mass is 32.2. The predicted octanol–water partition coefficient (Wildman–Crippen LogP) is 2.45. The standard InChI is InChI=1S/C19H22N4O3S/c1-23(2)18-9-8-14(27(20,25)26)11-17(18)22-19(24)10-7-13-12-21-16-6-4-3-5-15(13)16/h3-6,8-9,11-12,21H,7,10H2,1-2H3,(H,22,24)(H2,20,25,26). The van der Waals surface area contributed by atoms with E-state index in [0.717, 1.165) is 16.5 Å². The minimum absolute atomic E-state index is 0.0416. The fourth-order valence-electron chi connectivity index (χ4n) is 2.98. The highest BCUT2D eigenvalue weighted by Gasteiger charge is 2.15. The number of nitrogens with zero attached hydrogens (tertiary/aromatic N) is 1. The molecular formula is C19H22N4O3S. The first-order valence-electron chi connectivity index (χ1n) is 8.45. The lowest BCUT2D eigenvalue weighted by atomic mass is 10.1. The van der Waals surface area contributed by atoms with E-state index in [9.17, 15) is 13.2 Å². The molecule has 0 aliphatic rings. The maximum absolute atomic E-state index is 12.5. The molecule has 1 heterocycles. The minimum Gasteiger partial charge on any atom is -0.376 e. The van der Waals surface area contributed by atoms with Crippen LogP contribution in [0.25, 0.3) is 10.9 Å². The zero-order chi connectivity index (χ0) is 19.6. The Kier molecular flexibility index (Phi) is 5.20. The van der Waals surface area contributed by atoms with Crippen molar-refractivity contribution in [2.75, 3.05) is 24.3 Å². The van der Waals surface area contributed by atoms with Crippen LogP contribution >= 0.6 is 0 Å². The van der Waals surface area contributed by atoms with E-state index in [1.807, 2.05) is 44.6 Å². The number of fused-ring (bicyclic) bond motifs is 1. The molecule has 3 rings (SSSR count). The van der Waals surface area contributed by atoms with E-state index in [-0.39, 0.29) is 17.2 Å². The van der Waals surface area contributed by atoms with Crippen LogP contribution in [0.2, 0.25) is 0 Å². The van der Waals surface area contributed by atoms with Crippen molar-refractivity contribution in [3.63, 3.8) is 0 Å². The van der Waals surface area contributed by atoms with Crippen LogP contribution in [0.4, 0.5) is 11.4 Å². The van der Waals surface area contributed by atoms with Crippen LogP contribution in [-0.4, -0.2) is 33.4 Å². The number of benzene rings is 2. The Balaban J connectivity index is 1.77. The van der Waals surface area contributed by atoms with Gasteiger partial charge in [-0.2, -0.15) is 0 Å². The van der Waals surface area contributed by atoms with Crippen LogP contribution < -0.4 is 15.4 Å². The number of para-hydroxylation sites is 1. The maximum Gasteiger partial charge on any atom is 0.238 e. The number of aromatic amines is 1. The van der Waals surface area contributed by atoms with E-state index in [1.54, 1.807) is 11.0 Å². The lowest BCUT2D eigenvalue weighted by Gasteiger charge is -2.18. The van der Waals surface area contributed by atoms with Gasteiger partial charge in [0.2, 0.25) is 15.9 Å². The predicted molar refractivity (Wildman–Crippen MR) is 107 cm³/mol. The van der Waals surface area contributed by atoms with Gasteiger partial charge in [0.15, 0.2) is 0 Å². The fraction of sp³-hybridized carbons (Fsp3) is 0.211. The lowest BCUT2D eigenvalue weighted by Crippen LogP contribution is -2.19. The highest BCUT2D eigenvalue weighted by Crippen LogP contribution is 2.27. The Labute approximate surface area is 158 Å². The van der Waals surface area contributed by atoms with Crippen molar-refractivity contribution >= 4 is 38.2 Å². The topological polar surface area (TPSA) is 108 Å². The monoisotopic (exact) mass is 386 g/mol. The van der Waals surface area contributed by atoms with Crippen molar-refractivity contribution < 1.29 is 13.2 Å². The molecule has 0 saturated carbocycles. The molecule has 1 aromatic heterocycles. The second-order valence-corrected chi connectivity index (χ2v) is 8.09. The maximum atomic E-state index is 12.5. The Hall–Kier alpha value is -2.84. The number of amides is 1. The van der Waals surface area contributed by atoms with Gasteiger partial charge in [0.05, 0.1) is 16.3 Å². The molecule has 0 atom stereocenters.